The van der Waals surface area contributed by atoms with Crippen molar-refractivity contribution in [1.82, 2.24) is 15.1 Å². The zero-order valence-electron chi connectivity index (χ0n) is 20.4. The van der Waals surface area contributed by atoms with Crippen LogP contribution in [0.25, 0.3) is 0 Å². The summed E-state index contributed by atoms with van der Waals surface area (Å²) >= 11 is 0. The Morgan fingerprint density at radius 3 is 2.18 bits per heavy atom. The van der Waals surface area contributed by atoms with Gasteiger partial charge in [0.1, 0.15) is 11.4 Å². The quantitative estimate of drug-likeness (QED) is 0.599. The van der Waals surface area contributed by atoms with Crippen molar-refractivity contribution in [2.24, 2.45) is 4.99 Å². The summed E-state index contributed by atoms with van der Waals surface area (Å²) in [4.78, 5) is 23.1. The van der Waals surface area contributed by atoms with Crippen molar-refractivity contribution in [3.8, 4) is 0 Å². The SMILES string of the molecule is O=C1NC(=NC2CCCCC2)C23CCN(CC2)Cc2ccc(cc2)CCCCCCCCN13. The van der Waals surface area contributed by atoms with Gasteiger partial charge in [0.2, 0.25) is 0 Å². The second-order valence-corrected chi connectivity index (χ2v) is 10.8. The van der Waals surface area contributed by atoms with E-state index >= 15 is 0 Å². The molecule has 1 aromatic carbocycles. The summed E-state index contributed by atoms with van der Waals surface area (Å²) in [5, 5.41) is 3.26. The number of nitrogens with zero attached hydrogens (tertiary/aromatic N) is 3. The Hall–Kier alpha value is -1.88. The van der Waals surface area contributed by atoms with Crippen LogP contribution in [-0.4, -0.2) is 52.9 Å². The molecule has 33 heavy (non-hydrogen) atoms. The summed E-state index contributed by atoms with van der Waals surface area (Å²) < 4.78 is 0. The molecule has 180 valence electrons. The standard InChI is InChI=1S/C28H42N4O/c33-27-30-26(29-25-11-7-5-8-12-25)28-17-20-31(21-18-28)22-24-15-13-23(14-16-24)10-6-3-1-2-4-9-19-32(27)28/h13-16,25H,1-12,17-22H2,(H,29,30,33). The molecule has 0 radical (unpaired) electrons. The molecule has 1 saturated carbocycles. The molecular weight excluding hydrogens is 408 g/mol. The van der Waals surface area contributed by atoms with Gasteiger partial charge in [0.25, 0.3) is 0 Å². The lowest BCUT2D eigenvalue weighted by Gasteiger charge is -2.44. The van der Waals surface area contributed by atoms with Gasteiger partial charge in [0, 0.05) is 26.2 Å². The van der Waals surface area contributed by atoms with Crippen LogP contribution in [0.2, 0.25) is 0 Å². The molecule has 4 bridgehead atoms. The zero-order valence-corrected chi connectivity index (χ0v) is 20.4. The minimum absolute atomic E-state index is 0.100. The third kappa shape index (κ3) is 5.29. The van der Waals surface area contributed by atoms with Crippen molar-refractivity contribution in [2.45, 2.75) is 108 Å². The largest absolute Gasteiger partial charge is 0.323 e. The van der Waals surface area contributed by atoms with Crippen molar-refractivity contribution in [1.29, 1.82) is 0 Å². The Morgan fingerprint density at radius 1 is 0.788 bits per heavy atom. The number of rotatable bonds is 1. The van der Waals surface area contributed by atoms with E-state index in [2.05, 4.69) is 39.4 Å². The second-order valence-electron chi connectivity index (χ2n) is 10.8. The Bertz CT molecular complexity index is 819. The highest BCUT2D eigenvalue weighted by Gasteiger charge is 2.52. The van der Waals surface area contributed by atoms with E-state index in [1.54, 1.807) is 0 Å². The molecule has 5 heterocycles. The Balaban J connectivity index is 1.36. The molecule has 5 aliphatic heterocycles. The van der Waals surface area contributed by atoms with Gasteiger partial charge in [0.05, 0.1) is 6.04 Å². The summed E-state index contributed by atoms with van der Waals surface area (Å²) in [6, 6.07) is 9.81. The molecule has 1 aromatic rings. The Kier molecular flexibility index (Phi) is 7.34. The van der Waals surface area contributed by atoms with Crippen LogP contribution >= 0.6 is 0 Å². The average Bonchev–Trinajstić information content (AvgIpc) is 3.08. The fourth-order valence-corrected chi connectivity index (χ4v) is 6.43. The van der Waals surface area contributed by atoms with Gasteiger partial charge in [-0.3, -0.25) is 15.2 Å². The van der Waals surface area contributed by atoms with E-state index in [9.17, 15) is 4.79 Å². The van der Waals surface area contributed by atoms with Crippen LogP contribution < -0.4 is 5.32 Å². The number of fused-ring (bicyclic) bond motifs is 2. The number of hydrogen-bond acceptors (Lipinski definition) is 3. The van der Waals surface area contributed by atoms with Gasteiger partial charge in [-0.2, -0.15) is 0 Å². The highest BCUT2D eigenvalue weighted by molar-refractivity contribution is 6.10. The molecule has 7 rings (SSSR count). The monoisotopic (exact) mass is 450 g/mol. The molecular formula is C28H42N4O. The highest BCUT2D eigenvalue weighted by Crippen LogP contribution is 2.36. The van der Waals surface area contributed by atoms with E-state index < -0.39 is 0 Å². The number of urea groups is 1. The molecule has 1 aliphatic carbocycles. The molecule has 1 spiro atoms. The smallest absolute Gasteiger partial charge is 0.312 e. The summed E-state index contributed by atoms with van der Waals surface area (Å²) in [7, 11) is 0. The van der Waals surface area contributed by atoms with Gasteiger partial charge in [-0.15, -0.1) is 0 Å². The maximum absolute atomic E-state index is 13.2. The molecule has 0 unspecified atom stereocenters. The zero-order chi connectivity index (χ0) is 22.5. The highest BCUT2D eigenvalue weighted by atomic mass is 16.2. The van der Waals surface area contributed by atoms with Crippen molar-refractivity contribution in [2.75, 3.05) is 19.6 Å². The summed E-state index contributed by atoms with van der Waals surface area (Å²) in [5.74, 6) is 0.998. The van der Waals surface area contributed by atoms with E-state index in [1.807, 2.05) is 0 Å². The Labute approximate surface area is 200 Å². The Morgan fingerprint density at radius 2 is 1.42 bits per heavy atom. The molecule has 2 saturated heterocycles. The van der Waals surface area contributed by atoms with Crippen molar-refractivity contribution < 1.29 is 4.79 Å². The summed E-state index contributed by atoms with van der Waals surface area (Å²) in [5.41, 5.74) is 2.68. The number of amides is 2. The van der Waals surface area contributed by atoms with Gasteiger partial charge in [-0.25, -0.2) is 4.79 Å². The van der Waals surface area contributed by atoms with Crippen LogP contribution in [-0.2, 0) is 13.0 Å². The molecule has 3 fully saturated rings. The number of benzene rings is 1. The van der Waals surface area contributed by atoms with Crippen LogP contribution in [0.5, 0.6) is 0 Å². The normalized spacial score (nSPS) is 31.3. The van der Waals surface area contributed by atoms with Gasteiger partial charge in [-0.1, -0.05) is 69.2 Å². The fraction of sp³-hybridized carbons (Fsp3) is 0.714. The van der Waals surface area contributed by atoms with Crippen LogP contribution in [0, 0.1) is 0 Å². The number of amidine groups is 1. The number of carbonyl (C=O) groups is 1. The van der Waals surface area contributed by atoms with E-state index in [0.717, 1.165) is 51.3 Å². The minimum atomic E-state index is -0.208. The topological polar surface area (TPSA) is 47.9 Å². The van der Waals surface area contributed by atoms with Crippen LogP contribution in [0.15, 0.2) is 29.3 Å². The van der Waals surface area contributed by atoms with Gasteiger partial charge < -0.3 is 4.90 Å². The predicted octanol–water partition coefficient (Wildman–Crippen LogP) is 5.67. The maximum Gasteiger partial charge on any atom is 0.323 e. The lowest BCUT2D eigenvalue weighted by atomic mass is 9.84. The first kappa shape index (κ1) is 22.9. The first-order valence-corrected chi connectivity index (χ1v) is 13.7. The van der Waals surface area contributed by atoms with Crippen molar-refractivity contribution >= 4 is 11.9 Å². The molecule has 0 aromatic heterocycles. The fourth-order valence-electron chi connectivity index (χ4n) is 6.43. The van der Waals surface area contributed by atoms with Crippen molar-refractivity contribution in [3.63, 3.8) is 0 Å². The number of aryl methyl sites for hydroxylation is 1. The molecule has 1 N–H and O–H groups in total. The first-order valence-electron chi connectivity index (χ1n) is 13.7. The van der Waals surface area contributed by atoms with E-state index in [1.165, 1.54) is 81.8 Å². The summed E-state index contributed by atoms with van der Waals surface area (Å²) in [6.45, 7) is 3.93. The van der Waals surface area contributed by atoms with Gasteiger partial charge >= 0.3 is 6.03 Å². The lowest BCUT2D eigenvalue weighted by Crippen LogP contribution is -2.56. The number of piperidine rings is 1. The van der Waals surface area contributed by atoms with Gasteiger partial charge in [0.15, 0.2) is 0 Å². The third-order valence-electron chi connectivity index (χ3n) is 8.52. The molecule has 6 aliphatic rings. The third-order valence-corrected chi connectivity index (χ3v) is 8.52. The van der Waals surface area contributed by atoms with Crippen LogP contribution in [0.1, 0.15) is 94.6 Å². The van der Waals surface area contributed by atoms with E-state index in [0.29, 0.717) is 6.04 Å². The first-order chi connectivity index (χ1) is 16.2. The van der Waals surface area contributed by atoms with E-state index in [4.69, 9.17) is 4.99 Å². The van der Waals surface area contributed by atoms with E-state index in [-0.39, 0.29) is 11.6 Å². The molecule has 0 atom stereocenters. The number of aliphatic imine (C=N–C) groups is 1. The molecule has 2 amide bonds. The number of carbonyl (C=O) groups excluding carboxylic acids is 1. The minimum Gasteiger partial charge on any atom is -0.312 e. The maximum atomic E-state index is 13.2. The van der Waals surface area contributed by atoms with Crippen LogP contribution in [0.3, 0.4) is 0 Å². The number of nitrogens with one attached hydrogen (secondary N) is 1. The summed E-state index contributed by atoms with van der Waals surface area (Å²) in [6.07, 6.45) is 16.9. The van der Waals surface area contributed by atoms with Crippen LogP contribution in [0.4, 0.5) is 4.79 Å². The average molecular weight is 451 g/mol. The van der Waals surface area contributed by atoms with Gasteiger partial charge in [-0.05, 0) is 56.1 Å². The molecule has 5 nitrogen and oxygen atoms in total. The predicted molar refractivity (Wildman–Crippen MR) is 135 cm³/mol. The molecule has 5 heteroatoms. The van der Waals surface area contributed by atoms with Crippen molar-refractivity contribution in [3.05, 3.63) is 35.4 Å². The number of hydrogen-bond donors (Lipinski definition) is 1. The second kappa shape index (κ2) is 10.6. The lowest BCUT2D eigenvalue weighted by molar-refractivity contribution is 0.0983.